The van der Waals surface area contributed by atoms with Gasteiger partial charge in [-0.2, -0.15) is 0 Å². The van der Waals surface area contributed by atoms with Crippen molar-refractivity contribution in [1.29, 1.82) is 0 Å². The van der Waals surface area contributed by atoms with Gasteiger partial charge in [0.05, 0.1) is 11.0 Å². The lowest BCUT2D eigenvalue weighted by molar-refractivity contribution is -0.127. The first-order valence-electron chi connectivity index (χ1n) is 7.94. The number of benzene rings is 1. The van der Waals surface area contributed by atoms with Crippen molar-refractivity contribution in [2.45, 2.75) is 32.7 Å². The van der Waals surface area contributed by atoms with E-state index >= 15 is 0 Å². The second kappa shape index (κ2) is 5.95. The van der Waals surface area contributed by atoms with E-state index in [0.29, 0.717) is 18.9 Å². The third kappa shape index (κ3) is 2.65. The highest BCUT2D eigenvalue weighted by atomic mass is 16.2. The highest BCUT2D eigenvalue weighted by molar-refractivity contribution is 5.81. The van der Waals surface area contributed by atoms with E-state index < -0.39 is 0 Å². The first-order valence-corrected chi connectivity index (χ1v) is 7.94. The number of hydrogen-bond donors (Lipinski definition) is 0. The van der Waals surface area contributed by atoms with Crippen LogP contribution in [0.25, 0.3) is 11.0 Å². The molecule has 3 rings (SSSR count). The number of carbonyl (C=O) groups is 1. The molecular formula is C18H23N3O. The number of carbonyl (C=O) groups excluding carboxylic acids is 1. The molecule has 1 saturated heterocycles. The molecule has 1 aromatic carbocycles. The van der Waals surface area contributed by atoms with Gasteiger partial charge in [-0.1, -0.05) is 32.1 Å². The van der Waals surface area contributed by atoms with Crippen molar-refractivity contribution in [3.8, 4) is 0 Å². The zero-order valence-electron chi connectivity index (χ0n) is 13.3. The van der Waals surface area contributed by atoms with Crippen LogP contribution in [-0.2, 0) is 11.3 Å². The maximum atomic E-state index is 12.1. The highest BCUT2D eigenvalue weighted by Crippen LogP contribution is 2.30. The number of likely N-dealkylation sites (tertiary alicyclic amines) is 1. The molecule has 0 bridgehead atoms. The first kappa shape index (κ1) is 14.8. The Kier molecular flexibility index (Phi) is 4.01. The Labute approximate surface area is 131 Å². The van der Waals surface area contributed by atoms with Crippen LogP contribution < -0.4 is 0 Å². The van der Waals surface area contributed by atoms with Crippen LogP contribution in [0, 0.1) is 5.92 Å². The lowest BCUT2D eigenvalue weighted by atomic mass is 10.1. The van der Waals surface area contributed by atoms with Gasteiger partial charge in [0.1, 0.15) is 5.82 Å². The molecule has 0 saturated carbocycles. The van der Waals surface area contributed by atoms with Crippen molar-refractivity contribution in [3.63, 3.8) is 0 Å². The molecule has 22 heavy (non-hydrogen) atoms. The lowest BCUT2D eigenvalue weighted by Gasteiger charge is -2.16. The Morgan fingerprint density at radius 1 is 1.41 bits per heavy atom. The third-order valence-electron chi connectivity index (χ3n) is 4.16. The van der Waals surface area contributed by atoms with Gasteiger partial charge in [0.25, 0.3) is 0 Å². The minimum atomic E-state index is 0.179. The summed E-state index contributed by atoms with van der Waals surface area (Å²) in [6, 6.07) is 8.23. The molecule has 0 N–H and O–H groups in total. The van der Waals surface area contributed by atoms with Crippen molar-refractivity contribution in [2.24, 2.45) is 5.92 Å². The minimum absolute atomic E-state index is 0.179. The van der Waals surface area contributed by atoms with Gasteiger partial charge in [-0.15, -0.1) is 6.58 Å². The zero-order valence-corrected chi connectivity index (χ0v) is 13.3. The molecule has 4 nitrogen and oxygen atoms in total. The second-order valence-electron chi connectivity index (χ2n) is 6.45. The fraction of sp³-hybridized carbons (Fsp3) is 0.444. The molecule has 116 valence electrons. The van der Waals surface area contributed by atoms with Crippen LogP contribution in [0.2, 0.25) is 0 Å². The Hall–Kier alpha value is -2.10. The van der Waals surface area contributed by atoms with E-state index in [4.69, 9.17) is 4.98 Å². The van der Waals surface area contributed by atoms with E-state index in [0.717, 1.165) is 24.4 Å². The minimum Gasteiger partial charge on any atom is -0.338 e. The van der Waals surface area contributed by atoms with Crippen molar-refractivity contribution < 1.29 is 4.79 Å². The molecule has 1 aliphatic rings. The maximum absolute atomic E-state index is 12.1. The summed E-state index contributed by atoms with van der Waals surface area (Å²) in [6.07, 6.45) is 2.34. The van der Waals surface area contributed by atoms with Crippen LogP contribution >= 0.6 is 0 Å². The Morgan fingerprint density at radius 2 is 2.18 bits per heavy atom. The van der Waals surface area contributed by atoms with Crippen molar-refractivity contribution >= 4 is 16.9 Å². The molecule has 2 heterocycles. The summed E-state index contributed by atoms with van der Waals surface area (Å²) in [4.78, 5) is 18.8. The summed E-state index contributed by atoms with van der Waals surface area (Å²) >= 11 is 0. The topological polar surface area (TPSA) is 38.1 Å². The predicted octanol–water partition coefficient (Wildman–Crippen LogP) is 3.19. The van der Waals surface area contributed by atoms with Gasteiger partial charge >= 0.3 is 0 Å². The fourth-order valence-corrected chi connectivity index (χ4v) is 3.24. The molecule has 0 aliphatic carbocycles. The molecule has 0 unspecified atom stereocenters. The molecule has 1 amide bonds. The van der Waals surface area contributed by atoms with Crippen LogP contribution in [-0.4, -0.2) is 33.4 Å². The van der Waals surface area contributed by atoms with Crippen LogP contribution in [0.15, 0.2) is 36.9 Å². The second-order valence-corrected chi connectivity index (χ2v) is 6.45. The van der Waals surface area contributed by atoms with Gasteiger partial charge in [-0.3, -0.25) is 4.79 Å². The van der Waals surface area contributed by atoms with Gasteiger partial charge in [-0.25, -0.2) is 4.98 Å². The molecule has 1 atom stereocenters. The SMILES string of the molecule is C=CCN1C[C@H](c2nc3ccccc3n2CC(C)C)CC1=O. The summed E-state index contributed by atoms with van der Waals surface area (Å²) in [5.41, 5.74) is 2.19. The van der Waals surface area contributed by atoms with Crippen LogP contribution in [0.5, 0.6) is 0 Å². The van der Waals surface area contributed by atoms with Crippen LogP contribution in [0.1, 0.15) is 32.0 Å². The van der Waals surface area contributed by atoms with Crippen LogP contribution in [0.4, 0.5) is 0 Å². The van der Waals surface area contributed by atoms with Gasteiger partial charge in [0.15, 0.2) is 0 Å². The van der Waals surface area contributed by atoms with Gasteiger partial charge in [0.2, 0.25) is 5.91 Å². The van der Waals surface area contributed by atoms with Gasteiger partial charge in [0, 0.05) is 32.0 Å². The Morgan fingerprint density at radius 3 is 2.91 bits per heavy atom. The number of rotatable bonds is 5. The van der Waals surface area contributed by atoms with E-state index in [2.05, 4.69) is 37.1 Å². The molecule has 1 aliphatic heterocycles. The quantitative estimate of drug-likeness (QED) is 0.795. The monoisotopic (exact) mass is 297 g/mol. The number of aromatic nitrogens is 2. The summed E-state index contributed by atoms with van der Waals surface area (Å²) in [7, 11) is 0. The van der Waals surface area contributed by atoms with E-state index in [9.17, 15) is 4.79 Å². The van der Waals surface area contributed by atoms with Gasteiger partial charge < -0.3 is 9.47 Å². The molecule has 2 aromatic rings. The molecule has 0 spiro atoms. The van der Waals surface area contributed by atoms with Crippen molar-refractivity contribution in [2.75, 3.05) is 13.1 Å². The van der Waals surface area contributed by atoms with Crippen LogP contribution in [0.3, 0.4) is 0 Å². The number of nitrogens with zero attached hydrogens (tertiary/aromatic N) is 3. The van der Waals surface area contributed by atoms with E-state index in [-0.39, 0.29) is 11.8 Å². The van der Waals surface area contributed by atoms with E-state index in [1.807, 2.05) is 17.0 Å². The fourth-order valence-electron chi connectivity index (χ4n) is 3.24. The standard InChI is InChI=1S/C18H23N3O/c1-4-9-20-12-14(10-17(20)22)18-19-15-7-5-6-8-16(15)21(18)11-13(2)3/h4-8,13-14H,1,9-12H2,2-3H3/t14-/m1/s1. The summed E-state index contributed by atoms with van der Waals surface area (Å²) in [5, 5.41) is 0. The molecule has 4 heteroatoms. The number of hydrogen-bond acceptors (Lipinski definition) is 2. The summed E-state index contributed by atoms with van der Waals surface area (Å²) in [6.45, 7) is 10.5. The Balaban J connectivity index is 1.99. The van der Waals surface area contributed by atoms with E-state index in [1.165, 1.54) is 5.52 Å². The number of imidazole rings is 1. The number of para-hydroxylation sites is 2. The number of amides is 1. The zero-order chi connectivity index (χ0) is 15.7. The smallest absolute Gasteiger partial charge is 0.223 e. The third-order valence-corrected chi connectivity index (χ3v) is 4.16. The van der Waals surface area contributed by atoms with Crippen molar-refractivity contribution in [3.05, 3.63) is 42.7 Å². The van der Waals surface area contributed by atoms with E-state index in [1.54, 1.807) is 6.08 Å². The summed E-state index contributed by atoms with van der Waals surface area (Å²) in [5.74, 6) is 1.97. The molecule has 0 radical (unpaired) electrons. The molecular weight excluding hydrogens is 274 g/mol. The van der Waals surface area contributed by atoms with Gasteiger partial charge in [-0.05, 0) is 18.1 Å². The largest absolute Gasteiger partial charge is 0.338 e. The first-order chi connectivity index (χ1) is 10.6. The normalized spacial score (nSPS) is 18.6. The Bertz CT molecular complexity index is 701. The molecule has 1 fully saturated rings. The average Bonchev–Trinajstić information content (AvgIpc) is 3.01. The van der Waals surface area contributed by atoms with Crippen molar-refractivity contribution in [1.82, 2.24) is 14.5 Å². The maximum Gasteiger partial charge on any atom is 0.223 e. The lowest BCUT2D eigenvalue weighted by Crippen LogP contribution is -2.25. The highest BCUT2D eigenvalue weighted by Gasteiger charge is 2.33. The summed E-state index contributed by atoms with van der Waals surface area (Å²) < 4.78 is 2.30. The predicted molar refractivity (Wildman–Crippen MR) is 88.7 cm³/mol. The molecule has 1 aromatic heterocycles. The number of fused-ring (bicyclic) bond motifs is 1. The average molecular weight is 297 g/mol.